The zero-order valence-electron chi connectivity index (χ0n) is 16.5. The summed E-state index contributed by atoms with van der Waals surface area (Å²) in [6.45, 7) is 6.06. The van der Waals surface area contributed by atoms with Gasteiger partial charge in [-0.25, -0.2) is 9.97 Å². The van der Waals surface area contributed by atoms with Crippen LogP contribution in [0.4, 0.5) is 0 Å². The minimum absolute atomic E-state index is 0.262. The van der Waals surface area contributed by atoms with Crippen LogP contribution in [0.2, 0.25) is 0 Å². The maximum absolute atomic E-state index is 6.16. The minimum Gasteiger partial charge on any atom is -0.492 e. The van der Waals surface area contributed by atoms with Crippen LogP contribution in [0.1, 0.15) is 18.2 Å². The van der Waals surface area contributed by atoms with Crippen LogP contribution in [0.3, 0.4) is 0 Å². The third-order valence-corrected chi connectivity index (χ3v) is 6.40. The summed E-state index contributed by atoms with van der Waals surface area (Å²) in [6.07, 6.45) is 1.80. The van der Waals surface area contributed by atoms with Gasteiger partial charge in [-0.2, -0.15) is 0 Å². The third kappa shape index (κ3) is 3.73. The first-order valence-electron chi connectivity index (χ1n) is 9.66. The number of imidazole rings is 1. The largest absolute Gasteiger partial charge is 0.492 e. The molecule has 3 aliphatic rings. The van der Waals surface area contributed by atoms with Gasteiger partial charge in [0.05, 0.1) is 30.9 Å². The summed E-state index contributed by atoms with van der Waals surface area (Å²) in [5.74, 6) is 0.688. The zero-order chi connectivity index (χ0) is 19.9. The van der Waals surface area contributed by atoms with E-state index in [0.29, 0.717) is 26.4 Å². The van der Waals surface area contributed by atoms with Crippen LogP contribution in [-0.4, -0.2) is 42.4 Å². The highest BCUT2D eigenvalue weighted by molar-refractivity contribution is 7.98. The van der Waals surface area contributed by atoms with Crippen LogP contribution in [0.15, 0.2) is 41.7 Å². The van der Waals surface area contributed by atoms with Crippen LogP contribution in [0, 0.1) is 12.3 Å². The van der Waals surface area contributed by atoms with Crippen molar-refractivity contribution >= 4 is 22.8 Å². The Labute approximate surface area is 173 Å². The highest BCUT2D eigenvalue weighted by Gasteiger charge is 2.50. The molecule has 0 spiro atoms. The van der Waals surface area contributed by atoms with Crippen LogP contribution in [-0.2, 0) is 20.0 Å². The highest BCUT2D eigenvalue weighted by atomic mass is 32.2. The van der Waals surface area contributed by atoms with Crippen molar-refractivity contribution in [1.29, 1.82) is 0 Å². The Bertz CT molecular complexity index is 980. The molecule has 6 rings (SSSR count). The van der Waals surface area contributed by atoms with E-state index < -0.39 is 5.97 Å². The van der Waals surface area contributed by atoms with Crippen LogP contribution >= 0.6 is 11.8 Å². The Morgan fingerprint density at radius 1 is 1.17 bits per heavy atom. The van der Waals surface area contributed by atoms with Gasteiger partial charge in [0.15, 0.2) is 11.0 Å². The molecule has 3 aliphatic heterocycles. The Hall–Kier alpha value is -2.13. The number of rotatable bonds is 6. The van der Waals surface area contributed by atoms with E-state index in [1.807, 2.05) is 25.1 Å². The van der Waals surface area contributed by atoms with E-state index in [-0.39, 0.29) is 5.41 Å². The fraction of sp³-hybridized carbons (Fsp3) is 0.429. The van der Waals surface area contributed by atoms with Gasteiger partial charge in [0.25, 0.3) is 5.97 Å². The topological polar surface area (TPSA) is 79.7 Å². The molecule has 0 saturated carbocycles. The molecule has 2 bridgehead atoms. The maximum atomic E-state index is 6.16. The van der Waals surface area contributed by atoms with Gasteiger partial charge in [-0.3, -0.25) is 4.98 Å². The van der Waals surface area contributed by atoms with Gasteiger partial charge in [-0.05, 0) is 36.9 Å². The minimum atomic E-state index is -0.891. The van der Waals surface area contributed by atoms with Crippen LogP contribution in [0.25, 0.3) is 11.0 Å². The van der Waals surface area contributed by atoms with E-state index in [9.17, 15) is 0 Å². The average Bonchev–Trinajstić information content (AvgIpc) is 3.16. The first-order chi connectivity index (χ1) is 14.0. The predicted octanol–water partition coefficient (Wildman–Crippen LogP) is 3.09. The van der Waals surface area contributed by atoms with Gasteiger partial charge in [-0.15, -0.1) is 0 Å². The number of aromatic amines is 2. The SMILES string of the molecule is Cc1c(OCC23COC(C)(OC2)OC3)ccnc1CSc1[nH]c2ccccc2[nH+]1. The number of fused-ring (bicyclic) bond motifs is 4. The van der Waals surface area contributed by atoms with Crippen molar-refractivity contribution in [2.45, 2.75) is 30.7 Å². The molecule has 8 heteroatoms. The van der Waals surface area contributed by atoms with E-state index in [1.54, 1.807) is 24.9 Å². The van der Waals surface area contributed by atoms with Crippen molar-refractivity contribution in [3.63, 3.8) is 0 Å². The van der Waals surface area contributed by atoms with Crippen molar-refractivity contribution in [3.05, 3.63) is 47.8 Å². The van der Waals surface area contributed by atoms with E-state index in [2.05, 4.69) is 27.1 Å². The van der Waals surface area contributed by atoms with Gasteiger partial charge >= 0.3 is 5.16 Å². The van der Waals surface area contributed by atoms with E-state index >= 15 is 0 Å². The number of hydrogen-bond acceptors (Lipinski definition) is 6. The number of pyridine rings is 1. The molecule has 2 aromatic heterocycles. The molecule has 0 amide bonds. The van der Waals surface area contributed by atoms with Gasteiger partial charge in [0.2, 0.25) is 0 Å². The molecule has 3 fully saturated rings. The number of hydrogen-bond donors (Lipinski definition) is 1. The van der Waals surface area contributed by atoms with E-state index in [4.69, 9.17) is 18.9 Å². The fourth-order valence-electron chi connectivity index (χ4n) is 3.51. The maximum Gasteiger partial charge on any atom is 0.314 e. The van der Waals surface area contributed by atoms with Crippen LogP contribution in [0.5, 0.6) is 5.75 Å². The van der Waals surface area contributed by atoms with Crippen molar-refractivity contribution < 1.29 is 23.9 Å². The molecule has 152 valence electrons. The first-order valence-corrected chi connectivity index (χ1v) is 10.6. The summed E-state index contributed by atoms with van der Waals surface area (Å²) in [4.78, 5) is 11.3. The summed E-state index contributed by atoms with van der Waals surface area (Å²) >= 11 is 1.69. The Balaban J connectivity index is 1.25. The lowest BCUT2D eigenvalue weighted by atomic mass is 9.90. The summed E-state index contributed by atoms with van der Waals surface area (Å²) in [7, 11) is 0. The molecule has 0 aliphatic carbocycles. The lowest BCUT2D eigenvalue weighted by Gasteiger charge is -2.50. The van der Waals surface area contributed by atoms with Crippen molar-refractivity contribution in [2.75, 3.05) is 26.4 Å². The quantitative estimate of drug-likeness (QED) is 0.625. The number of nitrogens with zero attached hydrogens (tertiary/aromatic N) is 1. The van der Waals surface area contributed by atoms with Crippen molar-refractivity contribution in [2.24, 2.45) is 5.41 Å². The summed E-state index contributed by atoms with van der Waals surface area (Å²) in [5.41, 5.74) is 3.98. The fourth-order valence-corrected chi connectivity index (χ4v) is 4.45. The predicted molar refractivity (Wildman–Crippen MR) is 108 cm³/mol. The second-order valence-corrected chi connectivity index (χ2v) is 8.80. The smallest absolute Gasteiger partial charge is 0.314 e. The molecule has 29 heavy (non-hydrogen) atoms. The Morgan fingerprint density at radius 2 is 1.93 bits per heavy atom. The molecule has 0 unspecified atom stereocenters. The molecule has 3 saturated heterocycles. The number of benzene rings is 1. The summed E-state index contributed by atoms with van der Waals surface area (Å²) in [6, 6.07) is 10.1. The Morgan fingerprint density at radius 3 is 2.69 bits per heavy atom. The van der Waals surface area contributed by atoms with Crippen molar-refractivity contribution in [3.8, 4) is 5.75 Å². The van der Waals surface area contributed by atoms with Gasteiger partial charge in [0.1, 0.15) is 12.4 Å². The van der Waals surface area contributed by atoms with Gasteiger partial charge < -0.3 is 18.9 Å². The Kier molecular flexibility index (Phi) is 4.74. The van der Waals surface area contributed by atoms with Gasteiger partial charge in [-0.1, -0.05) is 12.1 Å². The number of para-hydroxylation sites is 2. The van der Waals surface area contributed by atoms with Crippen molar-refractivity contribution in [1.82, 2.24) is 9.97 Å². The second kappa shape index (κ2) is 7.28. The normalized spacial score (nSPS) is 26.1. The molecule has 3 aromatic rings. The number of H-pyrrole nitrogens is 2. The van der Waals surface area contributed by atoms with Gasteiger partial charge in [0, 0.05) is 24.4 Å². The monoisotopic (exact) mass is 414 g/mol. The number of ether oxygens (including phenoxy) is 4. The molecule has 0 radical (unpaired) electrons. The lowest BCUT2D eigenvalue weighted by Crippen LogP contribution is -2.60. The second-order valence-electron chi connectivity index (χ2n) is 7.81. The molecule has 2 N–H and O–H groups in total. The molecule has 5 heterocycles. The average molecular weight is 415 g/mol. The third-order valence-electron chi connectivity index (χ3n) is 5.49. The molecular weight excluding hydrogens is 390 g/mol. The number of nitrogens with one attached hydrogen (secondary N) is 2. The van der Waals surface area contributed by atoms with E-state index in [0.717, 1.165) is 38.9 Å². The number of thioether (sulfide) groups is 1. The molecule has 0 atom stereocenters. The highest BCUT2D eigenvalue weighted by Crippen LogP contribution is 2.38. The van der Waals surface area contributed by atoms with Crippen LogP contribution < -0.4 is 9.72 Å². The summed E-state index contributed by atoms with van der Waals surface area (Å²) in [5, 5.41) is 1.01. The first kappa shape index (κ1) is 18.9. The lowest BCUT2D eigenvalue weighted by molar-refractivity contribution is -0.461. The summed E-state index contributed by atoms with van der Waals surface area (Å²) < 4.78 is 23.2. The molecule has 7 nitrogen and oxygen atoms in total. The molecule has 1 aromatic carbocycles. The number of aromatic nitrogens is 3. The molecular formula is C21H24N3O4S+. The zero-order valence-corrected chi connectivity index (χ0v) is 17.3. The van der Waals surface area contributed by atoms with E-state index in [1.165, 1.54) is 0 Å². The standard InChI is InChI=1S/C21H23N3O4S/c1-14-17(9-29-19-23-15-5-3-4-6-16(15)24-19)22-8-7-18(14)25-10-21-11-26-20(2,27-12-21)28-13-21/h3-8H,9-13H2,1-2H3,(H,23,24)/p+1.